The van der Waals surface area contributed by atoms with Crippen molar-refractivity contribution in [3.05, 3.63) is 71.9 Å². The van der Waals surface area contributed by atoms with Crippen molar-refractivity contribution in [3.8, 4) is 5.75 Å². The SMILES string of the molecule is N=N/C(=C\Nc1ccc(OC2CCOC2)cc1)C1=CC2C=C(F)C=CC2NC1=O. The maximum atomic E-state index is 13.5. The Morgan fingerprint density at radius 1 is 1.34 bits per heavy atom. The molecule has 0 aromatic heterocycles. The summed E-state index contributed by atoms with van der Waals surface area (Å²) in [5.41, 5.74) is 8.59. The number of halogens is 1. The van der Waals surface area contributed by atoms with Crippen LogP contribution < -0.4 is 15.4 Å². The van der Waals surface area contributed by atoms with Crippen LogP contribution in [0.1, 0.15) is 6.42 Å². The van der Waals surface area contributed by atoms with E-state index in [1.165, 1.54) is 18.4 Å². The molecule has 1 aromatic rings. The van der Waals surface area contributed by atoms with Crippen molar-refractivity contribution < 1.29 is 18.7 Å². The molecule has 1 fully saturated rings. The number of benzene rings is 1. The zero-order chi connectivity index (χ0) is 20.2. The Bertz CT molecular complexity index is 914. The molecule has 0 spiro atoms. The second-order valence-electron chi connectivity index (χ2n) is 6.98. The molecule has 0 bridgehead atoms. The van der Waals surface area contributed by atoms with Crippen molar-refractivity contribution in [2.24, 2.45) is 11.0 Å². The number of hydrogen-bond acceptors (Lipinski definition) is 6. The van der Waals surface area contributed by atoms with Gasteiger partial charge in [0.05, 0.1) is 24.8 Å². The van der Waals surface area contributed by atoms with Crippen molar-refractivity contribution >= 4 is 11.6 Å². The lowest BCUT2D eigenvalue weighted by Gasteiger charge is -2.28. The maximum Gasteiger partial charge on any atom is 0.253 e. The molecule has 1 saturated heterocycles. The zero-order valence-electron chi connectivity index (χ0n) is 15.6. The number of nitrogens with one attached hydrogen (secondary N) is 3. The average Bonchev–Trinajstić information content (AvgIpc) is 3.23. The lowest BCUT2D eigenvalue weighted by molar-refractivity contribution is -0.118. The molecule has 3 atom stereocenters. The Hall–Kier alpha value is -3.26. The van der Waals surface area contributed by atoms with Gasteiger partial charge < -0.3 is 20.1 Å². The first kappa shape index (κ1) is 19.1. The van der Waals surface area contributed by atoms with Crippen molar-refractivity contribution in [2.45, 2.75) is 18.6 Å². The van der Waals surface area contributed by atoms with Gasteiger partial charge in [-0.25, -0.2) is 9.92 Å². The summed E-state index contributed by atoms with van der Waals surface area (Å²) in [6.07, 6.45) is 8.47. The number of carbonyl (C=O) groups excluding carboxylic acids is 1. The fourth-order valence-electron chi connectivity index (χ4n) is 3.41. The Morgan fingerprint density at radius 2 is 2.17 bits per heavy atom. The average molecular weight is 396 g/mol. The van der Waals surface area contributed by atoms with Crippen LogP contribution in [0, 0.1) is 11.4 Å². The van der Waals surface area contributed by atoms with E-state index >= 15 is 0 Å². The molecule has 7 nitrogen and oxygen atoms in total. The Morgan fingerprint density at radius 3 is 2.90 bits per heavy atom. The highest BCUT2D eigenvalue weighted by atomic mass is 19.1. The van der Waals surface area contributed by atoms with Gasteiger partial charge in [-0.3, -0.25) is 4.79 Å². The summed E-state index contributed by atoms with van der Waals surface area (Å²) in [7, 11) is 0. The molecular weight excluding hydrogens is 375 g/mol. The minimum atomic E-state index is -0.351. The molecule has 3 N–H and O–H groups in total. The zero-order valence-corrected chi connectivity index (χ0v) is 15.6. The lowest BCUT2D eigenvalue weighted by Crippen LogP contribution is -2.43. The van der Waals surface area contributed by atoms with Gasteiger partial charge in [0.1, 0.15) is 23.4 Å². The first-order valence-corrected chi connectivity index (χ1v) is 9.39. The van der Waals surface area contributed by atoms with Crippen LogP contribution in [0.3, 0.4) is 0 Å². The minimum absolute atomic E-state index is 0.0801. The Kier molecular flexibility index (Phi) is 5.53. The third-order valence-corrected chi connectivity index (χ3v) is 4.95. The third kappa shape index (κ3) is 4.43. The molecule has 4 rings (SSSR count). The molecule has 8 heteroatoms. The van der Waals surface area contributed by atoms with Crippen molar-refractivity contribution in [1.82, 2.24) is 5.32 Å². The first-order chi connectivity index (χ1) is 14.1. The normalized spacial score (nSPS) is 26.2. The van der Waals surface area contributed by atoms with Gasteiger partial charge in [-0.15, -0.1) is 0 Å². The number of hydrogen-bond donors (Lipinski definition) is 3. The monoisotopic (exact) mass is 396 g/mol. The summed E-state index contributed by atoms with van der Waals surface area (Å²) in [4.78, 5) is 12.4. The van der Waals surface area contributed by atoms with E-state index < -0.39 is 0 Å². The highest BCUT2D eigenvalue weighted by Crippen LogP contribution is 2.28. The molecule has 2 aliphatic heterocycles. The summed E-state index contributed by atoms with van der Waals surface area (Å²) in [6, 6.07) is 7.05. The lowest BCUT2D eigenvalue weighted by atomic mass is 9.88. The van der Waals surface area contributed by atoms with E-state index in [1.807, 2.05) is 24.3 Å². The molecule has 29 heavy (non-hydrogen) atoms. The van der Waals surface area contributed by atoms with Gasteiger partial charge in [0, 0.05) is 24.2 Å². The van der Waals surface area contributed by atoms with Gasteiger partial charge in [0.2, 0.25) is 0 Å². The van der Waals surface area contributed by atoms with E-state index in [2.05, 4.69) is 15.7 Å². The van der Waals surface area contributed by atoms with E-state index in [-0.39, 0.29) is 41.1 Å². The smallest absolute Gasteiger partial charge is 0.253 e. The van der Waals surface area contributed by atoms with Crippen molar-refractivity contribution in [1.29, 1.82) is 5.53 Å². The molecular formula is C21H21FN4O3. The highest BCUT2D eigenvalue weighted by Gasteiger charge is 2.30. The van der Waals surface area contributed by atoms with Crippen LogP contribution in [0.2, 0.25) is 0 Å². The number of nitrogens with zero attached hydrogens (tertiary/aromatic N) is 1. The first-order valence-electron chi connectivity index (χ1n) is 9.39. The summed E-state index contributed by atoms with van der Waals surface area (Å²) in [5, 5.41) is 9.30. The van der Waals surface area contributed by atoms with E-state index in [4.69, 9.17) is 15.0 Å². The van der Waals surface area contributed by atoms with Gasteiger partial charge in [0.15, 0.2) is 0 Å². The van der Waals surface area contributed by atoms with Gasteiger partial charge >= 0.3 is 0 Å². The van der Waals surface area contributed by atoms with Gasteiger partial charge in [0.25, 0.3) is 5.91 Å². The molecule has 1 aromatic carbocycles. The number of allylic oxidation sites excluding steroid dienone is 2. The maximum absolute atomic E-state index is 13.5. The van der Waals surface area contributed by atoms with Crippen molar-refractivity contribution in [2.75, 3.05) is 18.5 Å². The third-order valence-electron chi connectivity index (χ3n) is 4.95. The van der Waals surface area contributed by atoms with Crippen LogP contribution in [-0.4, -0.2) is 31.3 Å². The van der Waals surface area contributed by atoms with Crippen LogP contribution in [0.5, 0.6) is 5.75 Å². The molecule has 2 heterocycles. The van der Waals surface area contributed by atoms with Crippen LogP contribution in [0.25, 0.3) is 0 Å². The number of rotatable bonds is 6. The molecule has 1 amide bonds. The molecule has 3 unspecified atom stereocenters. The van der Waals surface area contributed by atoms with Gasteiger partial charge in [-0.1, -0.05) is 12.2 Å². The fourth-order valence-corrected chi connectivity index (χ4v) is 3.41. The van der Waals surface area contributed by atoms with Gasteiger partial charge in [-0.05, 0) is 36.4 Å². The summed E-state index contributed by atoms with van der Waals surface area (Å²) in [5.74, 6) is -0.261. The molecule has 150 valence electrons. The standard InChI is InChI=1S/C21H21FN4O3/c22-14-1-6-19-13(9-14)10-18(21(27)25-19)20(26-23)11-24-15-2-4-16(5-3-15)29-17-7-8-28-12-17/h1-6,9-11,13,17,19,23-24H,7-8,12H2,(H,25,27)/b20-11-,26-23?. The minimum Gasteiger partial charge on any atom is -0.488 e. The summed E-state index contributed by atoms with van der Waals surface area (Å²) >= 11 is 0. The predicted molar refractivity (Wildman–Crippen MR) is 105 cm³/mol. The molecule has 1 aliphatic carbocycles. The highest BCUT2D eigenvalue weighted by molar-refractivity contribution is 5.99. The largest absolute Gasteiger partial charge is 0.488 e. The van der Waals surface area contributed by atoms with E-state index in [9.17, 15) is 9.18 Å². The van der Waals surface area contributed by atoms with Crippen LogP contribution >= 0.6 is 0 Å². The number of ether oxygens (including phenoxy) is 2. The quantitative estimate of drug-likeness (QED) is 0.640. The molecule has 0 radical (unpaired) electrons. The Labute approximate surface area is 167 Å². The second-order valence-corrected chi connectivity index (χ2v) is 6.98. The van der Waals surface area contributed by atoms with Gasteiger partial charge in [-0.2, -0.15) is 5.11 Å². The number of anilines is 1. The van der Waals surface area contributed by atoms with Crippen LogP contribution in [-0.2, 0) is 9.53 Å². The van der Waals surface area contributed by atoms with E-state index in [1.54, 1.807) is 12.2 Å². The summed E-state index contributed by atoms with van der Waals surface area (Å²) in [6.45, 7) is 1.32. The number of carbonyl (C=O) groups is 1. The topological polar surface area (TPSA) is 95.8 Å². The van der Waals surface area contributed by atoms with E-state index in [0.717, 1.165) is 24.5 Å². The predicted octanol–water partition coefficient (Wildman–Crippen LogP) is 3.60. The molecule has 0 saturated carbocycles. The second kappa shape index (κ2) is 8.40. The van der Waals surface area contributed by atoms with E-state index in [0.29, 0.717) is 6.61 Å². The number of fused-ring (bicyclic) bond motifs is 1. The fraction of sp³-hybridized carbons (Fsp3) is 0.286. The molecule has 3 aliphatic rings. The summed E-state index contributed by atoms with van der Waals surface area (Å²) < 4.78 is 24.6. The van der Waals surface area contributed by atoms with Crippen LogP contribution in [0.4, 0.5) is 10.1 Å². The van der Waals surface area contributed by atoms with Crippen LogP contribution in [0.15, 0.2) is 77.0 Å². The number of amides is 1. The van der Waals surface area contributed by atoms with Crippen molar-refractivity contribution in [3.63, 3.8) is 0 Å². The Balaban J connectivity index is 1.45.